The number of nitrogens with two attached hydrogens (primary N) is 1. The summed E-state index contributed by atoms with van der Waals surface area (Å²) in [4.78, 5) is 77.9. The molecule has 0 radical (unpaired) electrons. The summed E-state index contributed by atoms with van der Waals surface area (Å²) in [6.07, 6.45) is 2.63. The molecule has 0 aliphatic heterocycles. The standard InChI is InChI=1S/C38H65N7O9/c1-37(2,3)53-35(50)41-24-16-13-21-30(45-36(51)54-38(4,5)6)34(49)44-29(20-12-15-23-40-7)33(48)43-28(19-11-14-22-39)32(47)42-25-31(46)52-26-27-17-9-8-10-18-27/h8-10,17-18,28-30,40H,11-16,19-26,39H2,1-7H3,(H,41,50)(H,42,47)(H,43,48)(H,44,49)(H,45,51). The monoisotopic (exact) mass is 763 g/mol. The molecular formula is C38H65N7O9. The molecule has 16 heteroatoms. The Balaban J connectivity index is 3.05. The molecule has 306 valence electrons. The molecule has 5 amide bonds. The van der Waals surface area contributed by atoms with Crippen LogP contribution in [0.25, 0.3) is 0 Å². The maximum atomic E-state index is 13.8. The third-order valence-electron chi connectivity index (χ3n) is 7.63. The minimum Gasteiger partial charge on any atom is -0.460 e. The number of carbonyl (C=O) groups excluding carboxylic acids is 6. The van der Waals surface area contributed by atoms with Crippen LogP contribution in [0.1, 0.15) is 105 Å². The molecule has 0 spiro atoms. The van der Waals surface area contributed by atoms with E-state index < -0.39 is 71.7 Å². The van der Waals surface area contributed by atoms with Gasteiger partial charge in [0.25, 0.3) is 0 Å². The lowest BCUT2D eigenvalue weighted by molar-refractivity contribution is -0.145. The molecule has 0 saturated carbocycles. The van der Waals surface area contributed by atoms with Gasteiger partial charge in [-0.05, 0) is 125 Å². The molecule has 0 aliphatic carbocycles. The van der Waals surface area contributed by atoms with E-state index in [4.69, 9.17) is 19.9 Å². The molecule has 0 heterocycles. The predicted molar refractivity (Wildman–Crippen MR) is 205 cm³/mol. The molecule has 0 aliphatic rings. The van der Waals surface area contributed by atoms with Crippen LogP contribution in [0.15, 0.2) is 30.3 Å². The van der Waals surface area contributed by atoms with Crippen LogP contribution < -0.4 is 37.6 Å². The Bertz CT molecular complexity index is 1300. The number of amides is 5. The molecular weight excluding hydrogens is 698 g/mol. The van der Waals surface area contributed by atoms with E-state index in [1.54, 1.807) is 41.5 Å². The van der Waals surface area contributed by atoms with E-state index in [0.29, 0.717) is 51.6 Å². The first kappa shape index (κ1) is 47.6. The largest absolute Gasteiger partial charge is 0.460 e. The summed E-state index contributed by atoms with van der Waals surface area (Å²) in [7, 11) is 1.81. The first-order valence-corrected chi connectivity index (χ1v) is 18.8. The fraction of sp³-hybridized carbons (Fsp3) is 0.684. The predicted octanol–water partition coefficient (Wildman–Crippen LogP) is 2.92. The van der Waals surface area contributed by atoms with E-state index in [1.807, 2.05) is 37.4 Å². The maximum absolute atomic E-state index is 13.8. The molecule has 54 heavy (non-hydrogen) atoms. The van der Waals surface area contributed by atoms with Crippen molar-refractivity contribution in [1.82, 2.24) is 31.9 Å². The Kier molecular flexibility index (Phi) is 22.5. The molecule has 3 unspecified atom stereocenters. The SMILES string of the molecule is CNCCCCC(NC(=O)C(CCCCNC(=O)OC(C)(C)C)NC(=O)OC(C)(C)C)C(=O)NC(CCCCN)C(=O)NCC(=O)OCc1ccccc1. The van der Waals surface area contributed by atoms with Crippen molar-refractivity contribution in [1.29, 1.82) is 0 Å². The zero-order chi connectivity index (χ0) is 40.6. The van der Waals surface area contributed by atoms with Crippen LogP contribution in [-0.2, 0) is 40.0 Å². The van der Waals surface area contributed by atoms with Crippen molar-refractivity contribution in [3.63, 3.8) is 0 Å². The van der Waals surface area contributed by atoms with Gasteiger partial charge >= 0.3 is 18.2 Å². The number of hydrogen-bond acceptors (Lipinski definition) is 11. The molecule has 1 rings (SSSR count). The number of hydrogen-bond donors (Lipinski definition) is 7. The second-order valence-electron chi connectivity index (χ2n) is 15.0. The summed E-state index contributed by atoms with van der Waals surface area (Å²) in [6.45, 7) is 11.4. The molecule has 1 aromatic carbocycles. The Labute approximate surface area is 320 Å². The second-order valence-corrected chi connectivity index (χ2v) is 15.0. The number of ether oxygens (including phenoxy) is 3. The Morgan fingerprint density at radius 3 is 1.67 bits per heavy atom. The lowest BCUT2D eigenvalue weighted by Crippen LogP contribution is -2.57. The molecule has 0 aromatic heterocycles. The van der Waals surface area contributed by atoms with Crippen molar-refractivity contribution in [2.24, 2.45) is 5.73 Å². The highest BCUT2D eigenvalue weighted by atomic mass is 16.6. The van der Waals surface area contributed by atoms with Crippen molar-refractivity contribution in [3.8, 4) is 0 Å². The first-order chi connectivity index (χ1) is 25.4. The van der Waals surface area contributed by atoms with E-state index in [2.05, 4.69) is 31.9 Å². The highest BCUT2D eigenvalue weighted by molar-refractivity contribution is 5.94. The van der Waals surface area contributed by atoms with Crippen LogP contribution in [0.2, 0.25) is 0 Å². The molecule has 1 aromatic rings. The highest BCUT2D eigenvalue weighted by Gasteiger charge is 2.30. The van der Waals surface area contributed by atoms with Gasteiger partial charge in [0.1, 0.15) is 42.5 Å². The summed E-state index contributed by atoms with van der Waals surface area (Å²) in [5, 5.41) is 16.4. The lowest BCUT2D eigenvalue weighted by atomic mass is 10.0. The van der Waals surface area contributed by atoms with Gasteiger partial charge < -0.3 is 51.8 Å². The molecule has 16 nitrogen and oxygen atoms in total. The number of nitrogens with one attached hydrogen (secondary N) is 6. The van der Waals surface area contributed by atoms with Crippen molar-refractivity contribution in [2.75, 3.05) is 33.2 Å². The first-order valence-electron chi connectivity index (χ1n) is 18.8. The van der Waals surface area contributed by atoms with Crippen LogP contribution in [0.4, 0.5) is 9.59 Å². The number of benzene rings is 1. The topological polar surface area (TPSA) is 228 Å². The van der Waals surface area contributed by atoms with Gasteiger partial charge in [0.2, 0.25) is 17.7 Å². The lowest BCUT2D eigenvalue weighted by Gasteiger charge is -2.26. The number of rotatable bonds is 24. The Morgan fingerprint density at radius 1 is 0.630 bits per heavy atom. The fourth-order valence-corrected chi connectivity index (χ4v) is 4.99. The molecule has 3 atom stereocenters. The molecule has 0 bridgehead atoms. The molecule has 0 saturated heterocycles. The van der Waals surface area contributed by atoms with Gasteiger partial charge in [-0.3, -0.25) is 19.2 Å². The average molecular weight is 764 g/mol. The van der Waals surface area contributed by atoms with Gasteiger partial charge in [-0.25, -0.2) is 9.59 Å². The van der Waals surface area contributed by atoms with Crippen molar-refractivity contribution < 1.29 is 43.0 Å². The highest BCUT2D eigenvalue weighted by Crippen LogP contribution is 2.11. The number of alkyl carbamates (subject to hydrolysis) is 2. The normalized spacial score (nSPS) is 13.0. The summed E-state index contributed by atoms with van der Waals surface area (Å²) in [5.41, 5.74) is 5.00. The van der Waals surface area contributed by atoms with Gasteiger partial charge in [-0.2, -0.15) is 0 Å². The average Bonchev–Trinajstić information content (AvgIpc) is 3.08. The number of carbonyl (C=O) groups is 6. The minimum absolute atomic E-state index is 0.0495. The van der Waals surface area contributed by atoms with E-state index >= 15 is 0 Å². The Hall–Kier alpha value is -4.44. The van der Waals surface area contributed by atoms with Gasteiger partial charge in [0.05, 0.1) is 0 Å². The maximum Gasteiger partial charge on any atom is 0.408 e. The quantitative estimate of drug-likeness (QED) is 0.0460. The van der Waals surface area contributed by atoms with Gasteiger partial charge in [-0.1, -0.05) is 30.3 Å². The molecule has 8 N–H and O–H groups in total. The summed E-state index contributed by atoms with van der Waals surface area (Å²) >= 11 is 0. The number of unbranched alkanes of at least 4 members (excludes halogenated alkanes) is 3. The molecule has 0 fully saturated rings. The Morgan fingerprint density at radius 2 is 1.13 bits per heavy atom. The van der Waals surface area contributed by atoms with Crippen LogP contribution in [0, 0.1) is 0 Å². The number of esters is 1. The van der Waals surface area contributed by atoms with Crippen molar-refractivity contribution >= 4 is 35.9 Å². The zero-order valence-electron chi connectivity index (χ0n) is 33.3. The van der Waals surface area contributed by atoms with Gasteiger partial charge in [0.15, 0.2) is 0 Å². The third kappa shape index (κ3) is 23.3. The van der Waals surface area contributed by atoms with E-state index in [0.717, 1.165) is 5.56 Å². The van der Waals surface area contributed by atoms with Crippen molar-refractivity contribution in [2.45, 2.75) is 135 Å². The minimum atomic E-state index is -1.07. The smallest absolute Gasteiger partial charge is 0.408 e. The van der Waals surface area contributed by atoms with Gasteiger partial charge in [-0.15, -0.1) is 0 Å². The van der Waals surface area contributed by atoms with Crippen LogP contribution in [0.5, 0.6) is 0 Å². The third-order valence-corrected chi connectivity index (χ3v) is 7.63. The van der Waals surface area contributed by atoms with Crippen molar-refractivity contribution in [3.05, 3.63) is 35.9 Å². The second kappa shape index (κ2) is 25.6. The van der Waals surface area contributed by atoms with Gasteiger partial charge in [0, 0.05) is 6.54 Å². The van der Waals surface area contributed by atoms with E-state index in [-0.39, 0.29) is 32.4 Å². The van der Waals surface area contributed by atoms with Crippen LogP contribution >= 0.6 is 0 Å². The fourth-order valence-electron chi connectivity index (χ4n) is 4.99. The van der Waals surface area contributed by atoms with Crippen LogP contribution in [0.3, 0.4) is 0 Å². The van der Waals surface area contributed by atoms with Crippen LogP contribution in [-0.4, -0.2) is 98.4 Å². The zero-order valence-corrected chi connectivity index (χ0v) is 33.3. The summed E-state index contributed by atoms with van der Waals surface area (Å²) in [6, 6.07) is 5.98. The van der Waals surface area contributed by atoms with E-state index in [1.165, 1.54) is 0 Å². The summed E-state index contributed by atoms with van der Waals surface area (Å²) in [5.74, 6) is -2.43. The summed E-state index contributed by atoms with van der Waals surface area (Å²) < 4.78 is 15.9. The van der Waals surface area contributed by atoms with E-state index in [9.17, 15) is 28.8 Å².